The van der Waals surface area contributed by atoms with E-state index in [1.165, 1.54) is 16.7 Å². The van der Waals surface area contributed by atoms with Gasteiger partial charge in [-0.15, -0.1) is 0 Å². The lowest BCUT2D eigenvalue weighted by Gasteiger charge is -2.14. The van der Waals surface area contributed by atoms with Gasteiger partial charge in [-0.05, 0) is 43.9 Å². The second kappa shape index (κ2) is 4.43. The Hall–Kier alpha value is -0.820. The first-order valence-electron chi connectivity index (χ1n) is 4.92. The molecular formula is C12H19N. The Morgan fingerprint density at radius 3 is 2.62 bits per heavy atom. The van der Waals surface area contributed by atoms with E-state index in [2.05, 4.69) is 39.0 Å². The molecule has 0 aromatic heterocycles. The van der Waals surface area contributed by atoms with Gasteiger partial charge in [0.05, 0.1) is 0 Å². The van der Waals surface area contributed by atoms with E-state index in [0.29, 0.717) is 5.92 Å². The van der Waals surface area contributed by atoms with Gasteiger partial charge in [0.25, 0.3) is 0 Å². The van der Waals surface area contributed by atoms with Gasteiger partial charge in [0, 0.05) is 0 Å². The fraction of sp³-hybridized carbons (Fsp3) is 0.500. The van der Waals surface area contributed by atoms with Crippen LogP contribution in [0.25, 0.3) is 0 Å². The minimum absolute atomic E-state index is 0.588. The lowest BCUT2D eigenvalue weighted by Crippen LogP contribution is -2.05. The van der Waals surface area contributed by atoms with Gasteiger partial charge in [-0.3, -0.25) is 0 Å². The molecule has 1 atom stereocenters. The predicted molar refractivity (Wildman–Crippen MR) is 58.0 cm³/mol. The molecule has 1 heteroatoms. The van der Waals surface area contributed by atoms with Crippen LogP contribution in [0.1, 0.15) is 36.0 Å². The number of hydrogen-bond acceptors (Lipinski definition) is 1. The second-order valence-electron chi connectivity index (χ2n) is 3.84. The molecule has 0 spiro atoms. The summed E-state index contributed by atoms with van der Waals surface area (Å²) in [7, 11) is 0. The quantitative estimate of drug-likeness (QED) is 0.755. The van der Waals surface area contributed by atoms with Gasteiger partial charge in [0.2, 0.25) is 0 Å². The van der Waals surface area contributed by atoms with Crippen molar-refractivity contribution in [1.82, 2.24) is 0 Å². The summed E-state index contributed by atoms with van der Waals surface area (Å²) in [5, 5.41) is 0. The van der Waals surface area contributed by atoms with Crippen LogP contribution in [0.3, 0.4) is 0 Å². The molecule has 13 heavy (non-hydrogen) atoms. The molecule has 0 saturated carbocycles. The lowest BCUT2D eigenvalue weighted by atomic mass is 9.92. The number of hydrogen-bond donors (Lipinski definition) is 1. The van der Waals surface area contributed by atoms with Gasteiger partial charge >= 0.3 is 0 Å². The summed E-state index contributed by atoms with van der Waals surface area (Å²) in [4.78, 5) is 0. The third-order valence-corrected chi connectivity index (χ3v) is 2.57. The Morgan fingerprint density at radius 2 is 2.00 bits per heavy atom. The molecule has 0 saturated heterocycles. The van der Waals surface area contributed by atoms with Crippen molar-refractivity contribution in [2.45, 2.75) is 33.1 Å². The summed E-state index contributed by atoms with van der Waals surface area (Å²) in [5.41, 5.74) is 9.72. The van der Waals surface area contributed by atoms with Gasteiger partial charge in [-0.2, -0.15) is 0 Å². The first kappa shape index (κ1) is 10.3. The zero-order valence-electron chi connectivity index (χ0n) is 8.80. The van der Waals surface area contributed by atoms with Crippen molar-refractivity contribution in [1.29, 1.82) is 0 Å². The third-order valence-electron chi connectivity index (χ3n) is 2.57. The molecule has 0 aliphatic carbocycles. The average molecular weight is 177 g/mol. The first-order valence-corrected chi connectivity index (χ1v) is 4.92. The highest BCUT2D eigenvalue weighted by atomic mass is 14.5. The van der Waals surface area contributed by atoms with Crippen molar-refractivity contribution in [2.24, 2.45) is 5.73 Å². The van der Waals surface area contributed by atoms with Crippen molar-refractivity contribution in [3.63, 3.8) is 0 Å². The molecule has 1 nitrogen and oxygen atoms in total. The molecule has 1 aromatic rings. The van der Waals surface area contributed by atoms with Crippen LogP contribution < -0.4 is 5.73 Å². The van der Waals surface area contributed by atoms with E-state index in [1.807, 2.05) is 0 Å². The van der Waals surface area contributed by atoms with Crippen LogP contribution in [0.15, 0.2) is 18.2 Å². The predicted octanol–water partition coefficient (Wildman–Crippen LogP) is 2.76. The molecule has 1 aromatic carbocycles. The number of nitrogens with two attached hydrogens (primary N) is 1. The topological polar surface area (TPSA) is 26.0 Å². The van der Waals surface area contributed by atoms with Gasteiger partial charge in [0.1, 0.15) is 0 Å². The number of benzene rings is 1. The fourth-order valence-electron chi connectivity index (χ4n) is 1.70. The maximum absolute atomic E-state index is 5.55. The molecule has 72 valence electrons. The summed E-state index contributed by atoms with van der Waals surface area (Å²) in [6, 6.07) is 6.63. The molecule has 0 bridgehead atoms. The smallest absolute Gasteiger partial charge is 0.00715 e. The largest absolute Gasteiger partial charge is 0.330 e. The van der Waals surface area contributed by atoms with Gasteiger partial charge in [-0.25, -0.2) is 0 Å². The van der Waals surface area contributed by atoms with Crippen LogP contribution in [0.2, 0.25) is 0 Å². The molecular weight excluding hydrogens is 158 g/mol. The molecule has 0 aliphatic heterocycles. The molecule has 0 amide bonds. The SMILES string of the molecule is Cc1ccc(C)c([C@@H](C)CCN)c1. The van der Waals surface area contributed by atoms with E-state index in [4.69, 9.17) is 5.73 Å². The van der Waals surface area contributed by atoms with Crippen molar-refractivity contribution in [3.8, 4) is 0 Å². The summed E-state index contributed by atoms with van der Waals surface area (Å²) in [5.74, 6) is 0.588. The number of rotatable bonds is 3. The average Bonchev–Trinajstić information content (AvgIpc) is 2.09. The zero-order chi connectivity index (χ0) is 9.84. The Bertz CT molecular complexity index is 278. The Kier molecular flexibility index (Phi) is 3.49. The summed E-state index contributed by atoms with van der Waals surface area (Å²) >= 11 is 0. The van der Waals surface area contributed by atoms with Gasteiger partial charge in [-0.1, -0.05) is 30.7 Å². The van der Waals surface area contributed by atoms with E-state index in [9.17, 15) is 0 Å². The minimum Gasteiger partial charge on any atom is -0.330 e. The lowest BCUT2D eigenvalue weighted by molar-refractivity contribution is 0.685. The maximum atomic E-state index is 5.55. The van der Waals surface area contributed by atoms with Crippen molar-refractivity contribution in [3.05, 3.63) is 34.9 Å². The van der Waals surface area contributed by atoms with Gasteiger partial charge < -0.3 is 5.73 Å². The molecule has 0 radical (unpaired) electrons. The molecule has 2 N–H and O–H groups in total. The molecule has 0 aliphatic rings. The van der Waals surface area contributed by atoms with Crippen LogP contribution in [-0.4, -0.2) is 6.54 Å². The van der Waals surface area contributed by atoms with Crippen LogP contribution >= 0.6 is 0 Å². The fourth-order valence-corrected chi connectivity index (χ4v) is 1.70. The highest BCUT2D eigenvalue weighted by Crippen LogP contribution is 2.22. The molecule has 0 heterocycles. The molecule has 0 unspecified atom stereocenters. The normalized spacial score (nSPS) is 12.9. The highest BCUT2D eigenvalue weighted by Gasteiger charge is 2.07. The van der Waals surface area contributed by atoms with Crippen LogP contribution in [0, 0.1) is 13.8 Å². The third kappa shape index (κ3) is 2.56. The number of aryl methyl sites for hydroxylation is 2. The van der Waals surface area contributed by atoms with Gasteiger partial charge in [0.15, 0.2) is 0 Å². The van der Waals surface area contributed by atoms with Crippen molar-refractivity contribution in [2.75, 3.05) is 6.54 Å². The second-order valence-corrected chi connectivity index (χ2v) is 3.84. The van der Waals surface area contributed by atoms with E-state index < -0.39 is 0 Å². The van der Waals surface area contributed by atoms with Crippen LogP contribution in [0.5, 0.6) is 0 Å². The van der Waals surface area contributed by atoms with E-state index in [-0.39, 0.29) is 0 Å². The van der Waals surface area contributed by atoms with Crippen molar-refractivity contribution < 1.29 is 0 Å². The molecule has 0 fully saturated rings. The van der Waals surface area contributed by atoms with Crippen LogP contribution in [0.4, 0.5) is 0 Å². The Labute approximate surface area is 81.0 Å². The maximum Gasteiger partial charge on any atom is -0.00715 e. The van der Waals surface area contributed by atoms with Crippen LogP contribution in [-0.2, 0) is 0 Å². The van der Waals surface area contributed by atoms with E-state index >= 15 is 0 Å². The van der Waals surface area contributed by atoms with E-state index in [1.54, 1.807) is 0 Å². The van der Waals surface area contributed by atoms with Crippen molar-refractivity contribution >= 4 is 0 Å². The summed E-state index contributed by atoms with van der Waals surface area (Å²) < 4.78 is 0. The zero-order valence-corrected chi connectivity index (χ0v) is 8.80. The monoisotopic (exact) mass is 177 g/mol. The van der Waals surface area contributed by atoms with E-state index in [0.717, 1.165) is 13.0 Å². The molecule has 1 rings (SSSR count). The Morgan fingerprint density at radius 1 is 1.31 bits per heavy atom. The first-order chi connectivity index (χ1) is 6.15. The Balaban J connectivity index is 2.91. The summed E-state index contributed by atoms with van der Waals surface area (Å²) in [6.45, 7) is 7.32. The summed E-state index contributed by atoms with van der Waals surface area (Å²) in [6.07, 6.45) is 1.07. The minimum atomic E-state index is 0.588. The highest BCUT2D eigenvalue weighted by molar-refractivity contribution is 5.32. The standard InChI is InChI=1S/C12H19N/c1-9-4-5-10(2)12(8-9)11(3)6-7-13/h4-5,8,11H,6-7,13H2,1-3H3/t11-/m0/s1.